The normalized spacial score (nSPS) is 11.1. The van der Waals surface area contributed by atoms with Gasteiger partial charge in [0.05, 0.1) is 11.9 Å². The second-order valence-electron chi connectivity index (χ2n) is 6.70. The molecule has 6 nitrogen and oxygen atoms in total. The zero-order chi connectivity index (χ0) is 19.3. The van der Waals surface area contributed by atoms with Crippen LogP contribution in [0.5, 0.6) is 0 Å². The molecular weight excluding hydrogens is 368 g/mol. The summed E-state index contributed by atoms with van der Waals surface area (Å²) in [6, 6.07) is 10.4. The van der Waals surface area contributed by atoms with Gasteiger partial charge >= 0.3 is 0 Å². The van der Waals surface area contributed by atoms with Crippen molar-refractivity contribution in [3.05, 3.63) is 71.8 Å². The van der Waals surface area contributed by atoms with Crippen molar-refractivity contribution in [3.63, 3.8) is 0 Å². The summed E-state index contributed by atoms with van der Waals surface area (Å²) >= 11 is 1.73. The topological polar surface area (TPSA) is 72.3 Å². The molecular formula is C21H22N6S. The third-order valence-electron chi connectivity index (χ3n) is 4.72. The van der Waals surface area contributed by atoms with E-state index in [4.69, 9.17) is 0 Å². The Morgan fingerprint density at radius 2 is 1.89 bits per heavy atom. The van der Waals surface area contributed by atoms with Crippen LogP contribution in [-0.2, 0) is 6.42 Å². The van der Waals surface area contributed by atoms with Crippen LogP contribution in [0, 0.1) is 13.8 Å². The molecule has 0 aliphatic rings. The maximum atomic E-state index is 4.49. The average molecular weight is 391 g/mol. The number of aryl methyl sites for hydroxylation is 3. The van der Waals surface area contributed by atoms with Crippen molar-refractivity contribution in [2.75, 3.05) is 5.75 Å². The molecule has 0 spiro atoms. The lowest BCUT2D eigenvalue weighted by Crippen LogP contribution is -2.01. The highest BCUT2D eigenvalue weighted by Gasteiger charge is 2.16. The maximum Gasteiger partial charge on any atom is 0.196 e. The van der Waals surface area contributed by atoms with Gasteiger partial charge in [-0.2, -0.15) is 5.10 Å². The van der Waals surface area contributed by atoms with Crippen LogP contribution in [0.2, 0.25) is 0 Å². The second kappa shape index (κ2) is 8.39. The molecule has 0 radical (unpaired) electrons. The minimum atomic E-state index is 0.836. The van der Waals surface area contributed by atoms with Crippen molar-refractivity contribution in [2.24, 2.45) is 0 Å². The highest BCUT2D eigenvalue weighted by molar-refractivity contribution is 7.99. The van der Waals surface area contributed by atoms with Gasteiger partial charge in [0.25, 0.3) is 0 Å². The van der Waals surface area contributed by atoms with E-state index >= 15 is 0 Å². The van der Waals surface area contributed by atoms with Gasteiger partial charge in [-0.25, -0.2) is 0 Å². The minimum Gasteiger partial charge on any atom is -0.285 e. The number of hydrogen-bond donors (Lipinski definition) is 1. The van der Waals surface area contributed by atoms with Crippen LogP contribution in [0.25, 0.3) is 17.1 Å². The van der Waals surface area contributed by atoms with Crippen LogP contribution in [0.4, 0.5) is 0 Å². The maximum absolute atomic E-state index is 4.49. The summed E-state index contributed by atoms with van der Waals surface area (Å²) < 4.78 is 2.14. The Morgan fingerprint density at radius 3 is 2.64 bits per heavy atom. The Labute approximate surface area is 168 Å². The Kier molecular flexibility index (Phi) is 5.53. The number of H-pyrrole nitrogens is 1. The first kappa shape index (κ1) is 18.4. The van der Waals surface area contributed by atoms with Gasteiger partial charge in [0, 0.05) is 29.9 Å². The summed E-state index contributed by atoms with van der Waals surface area (Å²) in [4.78, 5) is 4.12. The Balaban J connectivity index is 1.62. The summed E-state index contributed by atoms with van der Waals surface area (Å²) in [6.45, 7) is 4.26. The minimum absolute atomic E-state index is 0.836. The number of nitrogens with zero attached hydrogens (tertiary/aromatic N) is 5. The molecule has 0 amide bonds. The van der Waals surface area contributed by atoms with Gasteiger partial charge in [-0.05, 0) is 67.6 Å². The smallest absolute Gasteiger partial charge is 0.196 e. The lowest BCUT2D eigenvalue weighted by atomic mass is 10.1. The molecule has 1 N–H and O–H groups in total. The lowest BCUT2D eigenvalue weighted by Gasteiger charge is -2.12. The van der Waals surface area contributed by atoms with E-state index in [0.717, 1.165) is 40.8 Å². The van der Waals surface area contributed by atoms with E-state index < -0.39 is 0 Å². The highest BCUT2D eigenvalue weighted by Crippen LogP contribution is 2.29. The third kappa shape index (κ3) is 3.99. The molecule has 0 aliphatic heterocycles. The average Bonchev–Trinajstić information content (AvgIpc) is 3.38. The number of nitrogens with one attached hydrogen (secondary N) is 1. The highest BCUT2D eigenvalue weighted by atomic mass is 32.2. The fraction of sp³-hybridized carbons (Fsp3) is 0.238. The van der Waals surface area contributed by atoms with Gasteiger partial charge in [-0.15, -0.1) is 10.2 Å². The van der Waals surface area contributed by atoms with Gasteiger partial charge in [0.1, 0.15) is 0 Å². The largest absolute Gasteiger partial charge is 0.285 e. The number of thioether (sulfide) groups is 1. The summed E-state index contributed by atoms with van der Waals surface area (Å²) in [5.41, 5.74) is 5.84. The predicted molar refractivity (Wildman–Crippen MR) is 112 cm³/mol. The quantitative estimate of drug-likeness (QED) is 0.374. The van der Waals surface area contributed by atoms with Crippen LogP contribution >= 0.6 is 11.8 Å². The van der Waals surface area contributed by atoms with E-state index in [1.54, 1.807) is 24.2 Å². The van der Waals surface area contributed by atoms with Gasteiger partial charge < -0.3 is 0 Å². The van der Waals surface area contributed by atoms with Crippen molar-refractivity contribution in [1.82, 2.24) is 29.9 Å². The molecule has 4 rings (SSSR count). The molecule has 1 aromatic carbocycles. The monoisotopic (exact) mass is 390 g/mol. The third-order valence-corrected chi connectivity index (χ3v) is 5.73. The molecule has 0 unspecified atom stereocenters. The van der Waals surface area contributed by atoms with E-state index in [1.165, 1.54) is 16.7 Å². The molecule has 0 atom stereocenters. The number of aromatic nitrogens is 6. The molecule has 4 aromatic rings. The number of pyridine rings is 1. The number of benzene rings is 1. The van der Waals surface area contributed by atoms with Crippen LogP contribution < -0.4 is 0 Å². The second-order valence-corrected chi connectivity index (χ2v) is 7.77. The summed E-state index contributed by atoms with van der Waals surface area (Å²) in [5, 5.41) is 16.8. The van der Waals surface area contributed by atoms with Crippen molar-refractivity contribution in [3.8, 4) is 17.1 Å². The molecule has 7 heteroatoms. The van der Waals surface area contributed by atoms with Crippen molar-refractivity contribution >= 4 is 11.8 Å². The zero-order valence-corrected chi connectivity index (χ0v) is 16.8. The fourth-order valence-corrected chi connectivity index (χ4v) is 3.89. The fourth-order valence-electron chi connectivity index (χ4n) is 3.00. The number of rotatable bonds is 7. The molecule has 0 saturated heterocycles. The number of aromatic amines is 1. The molecule has 0 aliphatic carbocycles. The van der Waals surface area contributed by atoms with E-state index in [9.17, 15) is 0 Å². The molecule has 0 saturated carbocycles. The summed E-state index contributed by atoms with van der Waals surface area (Å²) in [6.07, 6.45) is 9.44. The first-order chi connectivity index (χ1) is 13.7. The van der Waals surface area contributed by atoms with Gasteiger partial charge in [-0.3, -0.25) is 14.6 Å². The Morgan fingerprint density at radius 1 is 1.04 bits per heavy atom. The van der Waals surface area contributed by atoms with Gasteiger partial charge in [-0.1, -0.05) is 17.8 Å². The lowest BCUT2D eigenvalue weighted by molar-refractivity contribution is 0.874. The summed E-state index contributed by atoms with van der Waals surface area (Å²) in [5.74, 6) is 1.80. The van der Waals surface area contributed by atoms with Crippen LogP contribution in [-0.4, -0.2) is 35.7 Å². The van der Waals surface area contributed by atoms with Gasteiger partial charge in [0.2, 0.25) is 0 Å². The van der Waals surface area contributed by atoms with Crippen LogP contribution in [0.1, 0.15) is 23.1 Å². The summed E-state index contributed by atoms with van der Waals surface area (Å²) in [7, 11) is 0. The van der Waals surface area contributed by atoms with Crippen molar-refractivity contribution in [1.29, 1.82) is 0 Å². The van der Waals surface area contributed by atoms with Gasteiger partial charge in [0.15, 0.2) is 11.0 Å². The number of hydrogen-bond acceptors (Lipinski definition) is 5. The van der Waals surface area contributed by atoms with Crippen LogP contribution in [0.3, 0.4) is 0 Å². The van der Waals surface area contributed by atoms with E-state index in [1.807, 2.05) is 24.5 Å². The standard InChI is InChI=1S/C21H22N6S/c1-15-5-6-19(12-16(15)2)27-20(18-7-9-22-10-8-18)25-26-21(27)28-11-3-4-17-13-23-24-14-17/h5-10,12-14H,3-4,11H2,1-2H3,(H,23,24). The van der Waals surface area contributed by atoms with E-state index in [0.29, 0.717) is 0 Å². The predicted octanol–water partition coefficient (Wildman–Crippen LogP) is 4.39. The van der Waals surface area contributed by atoms with Crippen LogP contribution in [0.15, 0.2) is 60.3 Å². The molecule has 28 heavy (non-hydrogen) atoms. The molecule has 0 bridgehead atoms. The Bertz CT molecular complexity index is 1040. The van der Waals surface area contributed by atoms with Crippen molar-refractivity contribution < 1.29 is 0 Å². The van der Waals surface area contributed by atoms with E-state index in [2.05, 4.69) is 62.0 Å². The molecule has 0 fully saturated rings. The first-order valence-corrected chi connectivity index (χ1v) is 10.2. The Hall–Kier alpha value is -2.93. The molecule has 142 valence electrons. The molecule has 3 heterocycles. The SMILES string of the molecule is Cc1ccc(-n2c(SCCCc3cn[nH]c3)nnc2-c2ccncc2)cc1C. The van der Waals surface area contributed by atoms with Crippen molar-refractivity contribution in [2.45, 2.75) is 31.8 Å². The molecule has 3 aromatic heterocycles. The van der Waals surface area contributed by atoms with E-state index in [-0.39, 0.29) is 0 Å². The first-order valence-electron chi connectivity index (χ1n) is 9.26. The zero-order valence-electron chi connectivity index (χ0n) is 16.0.